The second-order valence-electron chi connectivity index (χ2n) is 5.27. The maximum absolute atomic E-state index is 13.3. The van der Waals surface area contributed by atoms with Gasteiger partial charge in [0, 0.05) is 49.7 Å². The van der Waals surface area contributed by atoms with Crippen molar-refractivity contribution in [3.8, 4) is 11.6 Å². The summed E-state index contributed by atoms with van der Waals surface area (Å²) in [6.07, 6.45) is 5.30. The molecule has 3 aromatic rings. The predicted molar refractivity (Wildman–Crippen MR) is 84.4 cm³/mol. The molecule has 0 fully saturated rings. The Morgan fingerprint density at radius 1 is 1.17 bits per heavy atom. The van der Waals surface area contributed by atoms with Gasteiger partial charge in [-0.05, 0) is 18.2 Å². The SMILES string of the molecule is Cn1cc(CNCc2cccnc2Oc2ccc(F)c(F)c2)cn1. The van der Waals surface area contributed by atoms with Crippen LogP contribution in [-0.2, 0) is 20.1 Å². The van der Waals surface area contributed by atoms with Gasteiger partial charge in [0.1, 0.15) is 5.75 Å². The smallest absolute Gasteiger partial charge is 0.223 e. The van der Waals surface area contributed by atoms with E-state index in [1.54, 1.807) is 23.1 Å². The highest BCUT2D eigenvalue weighted by Gasteiger charge is 2.09. The Morgan fingerprint density at radius 2 is 2.04 bits per heavy atom. The Kier molecular flexibility index (Phi) is 4.81. The standard InChI is InChI=1S/C17H16F2N4O/c1-23-11-12(9-22-23)8-20-10-13-3-2-6-21-17(13)24-14-4-5-15(18)16(19)7-14/h2-7,9,11,20H,8,10H2,1H3. The summed E-state index contributed by atoms with van der Waals surface area (Å²) >= 11 is 0. The van der Waals surface area contributed by atoms with E-state index in [1.807, 2.05) is 19.3 Å². The zero-order valence-corrected chi connectivity index (χ0v) is 13.0. The molecule has 7 heteroatoms. The lowest BCUT2D eigenvalue weighted by molar-refractivity contribution is 0.440. The summed E-state index contributed by atoms with van der Waals surface area (Å²) in [6.45, 7) is 1.16. The molecule has 0 aliphatic rings. The van der Waals surface area contributed by atoms with Crippen LogP contribution in [0.25, 0.3) is 0 Å². The molecule has 0 radical (unpaired) electrons. The van der Waals surface area contributed by atoms with E-state index in [2.05, 4.69) is 15.4 Å². The number of hydrogen-bond acceptors (Lipinski definition) is 4. The summed E-state index contributed by atoms with van der Waals surface area (Å²) < 4.78 is 33.6. The van der Waals surface area contributed by atoms with Crippen LogP contribution in [0.3, 0.4) is 0 Å². The molecule has 0 saturated carbocycles. The molecule has 0 amide bonds. The molecule has 0 aliphatic carbocycles. The average Bonchev–Trinajstić information content (AvgIpc) is 2.98. The lowest BCUT2D eigenvalue weighted by Gasteiger charge is -2.10. The van der Waals surface area contributed by atoms with Gasteiger partial charge in [0.25, 0.3) is 0 Å². The zero-order valence-electron chi connectivity index (χ0n) is 13.0. The molecule has 0 bridgehead atoms. The largest absolute Gasteiger partial charge is 0.439 e. The molecule has 0 unspecified atom stereocenters. The number of ether oxygens (including phenoxy) is 1. The zero-order chi connectivity index (χ0) is 16.9. The first kappa shape index (κ1) is 16.1. The Balaban J connectivity index is 1.67. The molecular weight excluding hydrogens is 314 g/mol. The maximum Gasteiger partial charge on any atom is 0.223 e. The molecule has 1 aromatic carbocycles. The normalized spacial score (nSPS) is 10.8. The molecule has 24 heavy (non-hydrogen) atoms. The second-order valence-corrected chi connectivity index (χ2v) is 5.27. The van der Waals surface area contributed by atoms with Crippen molar-refractivity contribution in [2.24, 2.45) is 7.05 Å². The maximum atomic E-state index is 13.3. The van der Waals surface area contributed by atoms with Crippen LogP contribution in [0.1, 0.15) is 11.1 Å². The van der Waals surface area contributed by atoms with Crippen LogP contribution in [0.5, 0.6) is 11.6 Å². The molecule has 0 spiro atoms. The van der Waals surface area contributed by atoms with E-state index in [-0.39, 0.29) is 5.75 Å². The minimum absolute atomic E-state index is 0.195. The van der Waals surface area contributed by atoms with Gasteiger partial charge in [-0.15, -0.1) is 0 Å². The minimum Gasteiger partial charge on any atom is -0.439 e. The second kappa shape index (κ2) is 7.18. The number of pyridine rings is 1. The fourth-order valence-electron chi connectivity index (χ4n) is 2.21. The van der Waals surface area contributed by atoms with Crippen molar-refractivity contribution in [1.82, 2.24) is 20.1 Å². The third kappa shape index (κ3) is 3.94. The summed E-state index contributed by atoms with van der Waals surface area (Å²) in [4.78, 5) is 4.16. The number of nitrogens with zero attached hydrogens (tertiary/aromatic N) is 3. The van der Waals surface area contributed by atoms with Crippen molar-refractivity contribution in [1.29, 1.82) is 0 Å². The Hall–Kier alpha value is -2.80. The summed E-state index contributed by atoms with van der Waals surface area (Å²) in [5.74, 6) is -1.33. The molecule has 1 N–H and O–H groups in total. The van der Waals surface area contributed by atoms with Crippen LogP contribution < -0.4 is 10.1 Å². The van der Waals surface area contributed by atoms with Gasteiger partial charge in [-0.25, -0.2) is 13.8 Å². The first-order valence-corrected chi connectivity index (χ1v) is 7.37. The van der Waals surface area contributed by atoms with Gasteiger partial charge in [-0.1, -0.05) is 6.07 Å². The number of aromatic nitrogens is 3. The van der Waals surface area contributed by atoms with Crippen molar-refractivity contribution >= 4 is 0 Å². The number of nitrogens with one attached hydrogen (secondary N) is 1. The summed E-state index contributed by atoms with van der Waals surface area (Å²) in [5, 5.41) is 7.38. The monoisotopic (exact) mass is 330 g/mol. The van der Waals surface area contributed by atoms with Crippen LogP contribution in [0.4, 0.5) is 8.78 Å². The van der Waals surface area contributed by atoms with E-state index < -0.39 is 11.6 Å². The van der Waals surface area contributed by atoms with Gasteiger partial charge in [0.15, 0.2) is 11.6 Å². The highest BCUT2D eigenvalue weighted by molar-refractivity contribution is 5.32. The lowest BCUT2D eigenvalue weighted by Crippen LogP contribution is -2.13. The molecular formula is C17H16F2N4O. The van der Waals surface area contributed by atoms with Crippen LogP contribution in [0.15, 0.2) is 48.9 Å². The molecule has 0 atom stereocenters. The van der Waals surface area contributed by atoms with E-state index in [4.69, 9.17) is 4.74 Å². The first-order valence-electron chi connectivity index (χ1n) is 7.37. The van der Waals surface area contributed by atoms with Crippen LogP contribution in [0, 0.1) is 11.6 Å². The van der Waals surface area contributed by atoms with Crippen molar-refractivity contribution < 1.29 is 13.5 Å². The Labute approximate surface area is 137 Å². The molecule has 124 valence electrons. The van der Waals surface area contributed by atoms with Crippen molar-refractivity contribution in [3.63, 3.8) is 0 Å². The highest BCUT2D eigenvalue weighted by Crippen LogP contribution is 2.24. The topological polar surface area (TPSA) is 52.0 Å². The van der Waals surface area contributed by atoms with Gasteiger partial charge in [-0.3, -0.25) is 4.68 Å². The van der Waals surface area contributed by atoms with E-state index in [1.165, 1.54) is 6.07 Å². The first-order chi connectivity index (χ1) is 11.6. The van der Waals surface area contributed by atoms with Crippen LogP contribution in [-0.4, -0.2) is 14.8 Å². The summed E-state index contributed by atoms with van der Waals surface area (Å²) in [7, 11) is 1.86. The van der Waals surface area contributed by atoms with Gasteiger partial charge < -0.3 is 10.1 Å². The molecule has 0 saturated heterocycles. The van der Waals surface area contributed by atoms with Crippen LogP contribution in [0.2, 0.25) is 0 Å². The van der Waals surface area contributed by atoms with E-state index in [9.17, 15) is 8.78 Å². The Morgan fingerprint density at radius 3 is 2.79 bits per heavy atom. The quantitative estimate of drug-likeness (QED) is 0.754. The van der Waals surface area contributed by atoms with Gasteiger partial charge in [-0.2, -0.15) is 5.10 Å². The van der Waals surface area contributed by atoms with Crippen molar-refractivity contribution in [2.45, 2.75) is 13.1 Å². The minimum atomic E-state index is -0.959. The number of benzene rings is 1. The van der Waals surface area contributed by atoms with Crippen molar-refractivity contribution in [2.75, 3.05) is 0 Å². The van der Waals surface area contributed by atoms with E-state index in [0.29, 0.717) is 19.0 Å². The number of halogens is 2. The number of rotatable bonds is 6. The highest BCUT2D eigenvalue weighted by atomic mass is 19.2. The molecule has 2 aromatic heterocycles. The molecule has 2 heterocycles. The van der Waals surface area contributed by atoms with Gasteiger partial charge >= 0.3 is 0 Å². The third-order valence-electron chi connectivity index (χ3n) is 3.36. The van der Waals surface area contributed by atoms with E-state index in [0.717, 1.165) is 23.3 Å². The van der Waals surface area contributed by atoms with Gasteiger partial charge in [0.2, 0.25) is 5.88 Å². The predicted octanol–water partition coefficient (Wildman–Crippen LogP) is 3.18. The summed E-state index contributed by atoms with van der Waals surface area (Å²) in [5.41, 5.74) is 1.87. The Bertz CT molecular complexity index is 835. The summed E-state index contributed by atoms with van der Waals surface area (Å²) in [6, 6.07) is 7.03. The number of aryl methyl sites for hydroxylation is 1. The molecule has 3 rings (SSSR count). The fraction of sp³-hybridized carbons (Fsp3) is 0.176. The number of hydrogen-bond donors (Lipinski definition) is 1. The van der Waals surface area contributed by atoms with Crippen molar-refractivity contribution in [3.05, 3.63) is 71.7 Å². The fourth-order valence-corrected chi connectivity index (χ4v) is 2.21. The van der Waals surface area contributed by atoms with Crippen LogP contribution >= 0.6 is 0 Å². The van der Waals surface area contributed by atoms with Gasteiger partial charge in [0.05, 0.1) is 6.20 Å². The molecule has 0 aliphatic heterocycles. The lowest BCUT2D eigenvalue weighted by atomic mass is 10.2. The third-order valence-corrected chi connectivity index (χ3v) is 3.36. The van der Waals surface area contributed by atoms with E-state index >= 15 is 0 Å². The average molecular weight is 330 g/mol. The molecule has 5 nitrogen and oxygen atoms in total.